The lowest BCUT2D eigenvalue weighted by atomic mass is 10.3. The molecule has 7 heteroatoms. The minimum absolute atomic E-state index is 0.0306. The highest BCUT2D eigenvalue weighted by Crippen LogP contribution is 2.19. The molecule has 0 fully saturated rings. The molecule has 0 saturated carbocycles. The number of carbonyl (C=O) groups is 1. The van der Waals surface area contributed by atoms with Crippen LogP contribution in [0, 0.1) is 11.6 Å². The van der Waals surface area contributed by atoms with Crippen molar-refractivity contribution in [3.63, 3.8) is 0 Å². The number of nitrogens with one attached hydrogen (secondary N) is 1. The van der Waals surface area contributed by atoms with E-state index >= 15 is 0 Å². The monoisotopic (exact) mass is 359 g/mol. The van der Waals surface area contributed by atoms with Crippen molar-refractivity contribution in [2.45, 2.75) is 6.61 Å². The summed E-state index contributed by atoms with van der Waals surface area (Å²) in [6, 6.07) is 13.2. The number of amides is 1. The molecule has 1 aromatic heterocycles. The van der Waals surface area contributed by atoms with Crippen LogP contribution in [0.2, 0.25) is 0 Å². The van der Waals surface area contributed by atoms with Crippen molar-refractivity contribution in [1.29, 1.82) is 0 Å². The fourth-order valence-electron chi connectivity index (χ4n) is 2.17. The average molecular weight is 359 g/mol. The van der Waals surface area contributed by atoms with Crippen LogP contribution in [-0.2, 0) is 6.61 Å². The van der Waals surface area contributed by atoms with Crippen LogP contribution in [-0.4, -0.2) is 13.0 Å². The van der Waals surface area contributed by atoms with Gasteiger partial charge in [0.15, 0.2) is 17.4 Å². The molecule has 1 heterocycles. The molecule has 0 aliphatic carbocycles. The third kappa shape index (κ3) is 4.18. The van der Waals surface area contributed by atoms with E-state index in [4.69, 9.17) is 13.9 Å². The molecule has 3 rings (SSSR count). The minimum atomic E-state index is -1.05. The third-order valence-corrected chi connectivity index (χ3v) is 3.50. The van der Waals surface area contributed by atoms with E-state index in [1.54, 1.807) is 37.4 Å². The number of benzene rings is 2. The van der Waals surface area contributed by atoms with E-state index < -0.39 is 17.5 Å². The molecule has 0 unspecified atom stereocenters. The smallest absolute Gasteiger partial charge is 0.291 e. The van der Waals surface area contributed by atoms with Gasteiger partial charge in [-0.25, -0.2) is 8.78 Å². The Morgan fingerprint density at radius 2 is 1.73 bits per heavy atom. The number of anilines is 1. The fourth-order valence-corrected chi connectivity index (χ4v) is 2.17. The molecule has 26 heavy (non-hydrogen) atoms. The molecule has 0 saturated heterocycles. The first-order chi connectivity index (χ1) is 12.5. The van der Waals surface area contributed by atoms with Gasteiger partial charge in [0.1, 0.15) is 23.9 Å². The summed E-state index contributed by atoms with van der Waals surface area (Å²) in [5.41, 5.74) is 0.126. The average Bonchev–Trinajstić information content (AvgIpc) is 3.13. The van der Waals surface area contributed by atoms with Gasteiger partial charge in [0, 0.05) is 11.8 Å². The number of rotatable bonds is 6. The fraction of sp³-hybridized carbons (Fsp3) is 0.105. The second kappa shape index (κ2) is 7.69. The highest BCUT2D eigenvalue weighted by atomic mass is 19.2. The predicted molar refractivity (Wildman–Crippen MR) is 90.3 cm³/mol. The van der Waals surface area contributed by atoms with E-state index in [1.807, 2.05) is 0 Å². The lowest BCUT2D eigenvalue weighted by Gasteiger charge is -2.05. The van der Waals surface area contributed by atoms with Crippen molar-refractivity contribution in [2.24, 2.45) is 0 Å². The van der Waals surface area contributed by atoms with Crippen LogP contribution >= 0.6 is 0 Å². The maximum Gasteiger partial charge on any atom is 0.291 e. The first kappa shape index (κ1) is 17.5. The zero-order chi connectivity index (χ0) is 18.5. The minimum Gasteiger partial charge on any atom is -0.497 e. The molecule has 5 nitrogen and oxygen atoms in total. The van der Waals surface area contributed by atoms with Gasteiger partial charge in [0.25, 0.3) is 5.91 Å². The number of hydrogen-bond acceptors (Lipinski definition) is 4. The van der Waals surface area contributed by atoms with Gasteiger partial charge in [-0.1, -0.05) is 0 Å². The summed E-state index contributed by atoms with van der Waals surface area (Å²) >= 11 is 0. The number of furan rings is 1. The van der Waals surface area contributed by atoms with Gasteiger partial charge in [-0.15, -0.1) is 0 Å². The van der Waals surface area contributed by atoms with Crippen molar-refractivity contribution >= 4 is 11.6 Å². The van der Waals surface area contributed by atoms with Gasteiger partial charge in [-0.2, -0.15) is 0 Å². The van der Waals surface area contributed by atoms with Crippen LogP contribution in [0.25, 0.3) is 0 Å². The SMILES string of the molecule is COc1ccc(OCc2ccc(C(=O)Nc3ccc(F)c(F)c3)o2)cc1. The van der Waals surface area contributed by atoms with E-state index in [2.05, 4.69) is 5.32 Å². The molecule has 0 radical (unpaired) electrons. The number of carbonyl (C=O) groups excluding carboxylic acids is 1. The normalized spacial score (nSPS) is 10.4. The Hall–Kier alpha value is -3.35. The Balaban J connectivity index is 1.59. The topological polar surface area (TPSA) is 60.7 Å². The van der Waals surface area contributed by atoms with Crippen LogP contribution < -0.4 is 14.8 Å². The number of methoxy groups -OCH3 is 1. The van der Waals surface area contributed by atoms with Crippen molar-refractivity contribution in [2.75, 3.05) is 12.4 Å². The molecule has 1 amide bonds. The summed E-state index contributed by atoms with van der Waals surface area (Å²) in [6.45, 7) is 0.130. The standard InChI is InChI=1S/C19H15F2NO4/c1-24-13-3-5-14(6-4-13)25-11-15-7-9-18(26-15)19(23)22-12-2-8-16(20)17(21)10-12/h2-10H,11H2,1H3,(H,22,23). The molecule has 0 aliphatic rings. The van der Waals surface area contributed by atoms with Crippen LogP contribution in [0.5, 0.6) is 11.5 Å². The molecular formula is C19H15F2NO4. The third-order valence-electron chi connectivity index (χ3n) is 3.50. The van der Waals surface area contributed by atoms with Crippen molar-refractivity contribution < 1.29 is 27.5 Å². The summed E-state index contributed by atoms with van der Waals surface area (Å²) in [6.07, 6.45) is 0. The number of hydrogen-bond donors (Lipinski definition) is 1. The second-order valence-corrected chi connectivity index (χ2v) is 5.31. The van der Waals surface area contributed by atoms with E-state index in [-0.39, 0.29) is 18.1 Å². The summed E-state index contributed by atoms with van der Waals surface area (Å²) in [5, 5.41) is 2.43. The maximum atomic E-state index is 13.2. The zero-order valence-corrected chi connectivity index (χ0v) is 13.8. The lowest BCUT2D eigenvalue weighted by molar-refractivity contribution is 0.0992. The predicted octanol–water partition coefficient (Wildman–Crippen LogP) is 4.40. The van der Waals surface area contributed by atoms with Gasteiger partial charge in [0.2, 0.25) is 0 Å². The van der Waals surface area contributed by atoms with Crippen LogP contribution in [0.1, 0.15) is 16.3 Å². The Morgan fingerprint density at radius 3 is 2.42 bits per heavy atom. The van der Waals surface area contributed by atoms with E-state index in [0.717, 1.165) is 12.1 Å². The molecule has 3 aromatic rings. The summed E-state index contributed by atoms with van der Waals surface area (Å²) < 4.78 is 42.1. The van der Waals surface area contributed by atoms with Gasteiger partial charge in [-0.3, -0.25) is 4.79 Å². The Morgan fingerprint density at radius 1 is 1.00 bits per heavy atom. The highest BCUT2D eigenvalue weighted by molar-refractivity contribution is 6.02. The summed E-state index contributed by atoms with van der Waals surface area (Å²) in [4.78, 5) is 12.1. The quantitative estimate of drug-likeness (QED) is 0.709. The van der Waals surface area contributed by atoms with Crippen molar-refractivity contribution in [1.82, 2.24) is 0 Å². The molecule has 0 atom stereocenters. The van der Waals surface area contributed by atoms with E-state index in [9.17, 15) is 13.6 Å². The van der Waals surface area contributed by atoms with Crippen LogP contribution in [0.15, 0.2) is 59.0 Å². The molecule has 0 bridgehead atoms. The number of ether oxygens (including phenoxy) is 2. The molecule has 0 aliphatic heterocycles. The molecule has 2 aromatic carbocycles. The van der Waals surface area contributed by atoms with Crippen molar-refractivity contribution in [3.05, 3.63) is 77.8 Å². The van der Waals surface area contributed by atoms with Gasteiger partial charge >= 0.3 is 0 Å². The Labute approximate surface area is 148 Å². The van der Waals surface area contributed by atoms with E-state index in [0.29, 0.717) is 17.3 Å². The van der Waals surface area contributed by atoms with Gasteiger partial charge in [-0.05, 0) is 48.5 Å². The highest BCUT2D eigenvalue weighted by Gasteiger charge is 2.13. The largest absolute Gasteiger partial charge is 0.497 e. The van der Waals surface area contributed by atoms with Crippen LogP contribution in [0.3, 0.4) is 0 Å². The zero-order valence-electron chi connectivity index (χ0n) is 13.8. The Bertz CT molecular complexity index is 906. The molecule has 134 valence electrons. The first-order valence-electron chi connectivity index (χ1n) is 7.67. The molecule has 0 spiro atoms. The second-order valence-electron chi connectivity index (χ2n) is 5.31. The van der Waals surface area contributed by atoms with Crippen LogP contribution in [0.4, 0.5) is 14.5 Å². The lowest BCUT2D eigenvalue weighted by Crippen LogP contribution is -2.11. The van der Waals surface area contributed by atoms with Crippen molar-refractivity contribution in [3.8, 4) is 11.5 Å². The van der Waals surface area contributed by atoms with E-state index in [1.165, 1.54) is 12.1 Å². The molecular weight excluding hydrogens is 344 g/mol. The van der Waals surface area contributed by atoms with Gasteiger partial charge < -0.3 is 19.2 Å². The summed E-state index contributed by atoms with van der Waals surface area (Å²) in [5.74, 6) is -0.803. The first-order valence-corrected chi connectivity index (χ1v) is 7.67. The number of halogens is 2. The maximum absolute atomic E-state index is 13.2. The molecule has 1 N–H and O–H groups in total. The van der Waals surface area contributed by atoms with Gasteiger partial charge in [0.05, 0.1) is 7.11 Å². The Kier molecular flexibility index (Phi) is 5.17. The summed E-state index contributed by atoms with van der Waals surface area (Å²) in [7, 11) is 1.58.